The Morgan fingerprint density at radius 2 is 1.77 bits per heavy atom. The minimum absolute atomic E-state index is 0.162. The van der Waals surface area contributed by atoms with Crippen molar-refractivity contribution >= 4 is 29.4 Å². The van der Waals surface area contributed by atoms with Crippen molar-refractivity contribution in [2.24, 2.45) is 27.7 Å². The van der Waals surface area contributed by atoms with E-state index in [0.717, 1.165) is 42.5 Å². The molecule has 0 N–H and O–H groups in total. The van der Waals surface area contributed by atoms with Gasteiger partial charge >= 0.3 is 0 Å². The summed E-state index contributed by atoms with van der Waals surface area (Å²) in [5.41, 5.74) is 3.33. The molecule has 0 bridgehead atoms. The standard InChI is InChI=1S/C27H40Cl2N2/c1-26(2,3)21-10-19(11-22(14-21)27(4,5)6)16-30-17-25-8-7-9-31(25)18-20-12-23(28)15-24(29)13-20/h10,12,14-16,19-20,25H,7-9,11,13,17-18H2,1-6H3/b30-16+. The molecule has 0 aromatic rings. The van der Waals surface area contributed by atoms with Crippen molar-refractivity contribution < 1.29 is 0 Å². The molecular weight excluding hydrogens is 423 g/mol. The van der Waals surface area contributed by atoms with Gasteiger partial charge in [-0.1, -0.05) is 88.5 Å². The molecule has 3 aliphatic rings. The van der Waals surface area contributed by atoms with Gasteiger partial charge in [0.1, 0.15) is 0 Å². The molecule has 3 unspecified atom stereocenters. The molecule has 0 radical (unpaired) electrons. The first-order valence-electron chi connectivity index (χ1n) is 11.8. The second kappa shape index (κ2) is 9.98. The summed E-state index contributed by atoms with van der Waals surface area (Å²) in [6, 6.07) is 0.528. The highest BCUT2D eigenvalue weighted by Gasteiger charge is 2.29. The van der Waals surface area contributed by atoms with Crippen molar-refractivity contribution in [1.82, 2.24) is 4.90 Å². The summed E-state index contributed by atoms with van der Waals surface area (Å²) >= 11 is 12.5. The normalized spacial score (nSPS) is 28.5. The van der Waals surface area contributed by atoms with Gasteiger partial charge in [0, 0.05) is 34.8 Å². The predicted octanol–water partition coefficient (Wildman–Crippen LogP) is 7.75. The van der Waals surface area contributed by atoms with Crippen LogP contribution in [0.4, 0.5) is 0 Å². The van der Waals surface area contributed by atoms with E-state index in [0.29, 0.717) is 17.9 Å². The molecule has 1 saturated heterocycles. The summed E-state index contributed by atoms with van der Waals surface area (Å²) in [6.45, 7) is 16.9. The summed E-state index contributed by atoms with van der Waals surface area (Å²) < 4.78 is 0. The summed E-state index contributed by atoms with van der Waals surface area (Å²) in [6.07, 6.45) is 15.6. The van der Waals surface area contributed by atoms with Gasteiger partial charge in [-0.05, 0) is 60.6 Å². The fraction of sp³-hybridized carbons (Fsp3) is 0.667. The van der Waals surface area contributed by atoms with Gasteiger partial charge in [0.15, 0.2) is 0 Å². The number of allylic oxidation sites excluding steroid dienone is 7. The lowest BCUT2D eigenvalue weighted by atomic mass is 9.73. The van der Waals surface area contributed by atoms with E-state index in [2.05, 4.69) is 70.9 Å². The average Bonchev–Trinajstić information content (AvgIpc) is 3.06. The third kappa shape index (κ3) is 7.07. The molecule has 1 fully saturated rings. The lowest BCUT2D eigenvalue weighted by Crippen LogP contribution is -2.36. The van der Waals surface area contributed by atoms with Gasteiger partial charge in [0.25, 0.3) is 0 Å². The maximum Gasteiger partial charge on any atom is 0.0541 e. The number of hydrogen-bond acceptors (Lipinski definition) is 2. The molecule has 3 atom stereocenters. The van der Waals surface area contributed by atoms with Gasteiger partial charge in [-0.2, -0.15) is 0 Å². The van der Waals surface area contributed by atoms with E-state index in [4.69, 9.17) is 28.2 Å². The molecular formula is C27H40Cl2N2. The molecule has 2 aliphatic carbocycles. The van der Waals surface area contributed by atoms with E-state index in [1.165, 1.54) is 24.0 Å². The van der Waals surface area contributed by atoms with Crippen LogP contribution in [0.3, 0.4) is 0 Å². The zero-order valence-electron chi connectivity index (χ0n) is 20.2. The molecule has 0 saturated carbocycles. The first-order chi connectivity index (χ1) is 14.4. The van der Waals surface area contributed by atoms with Gasteiger partial charge < -0.3 is 0 Å². The molecule has 1 heterocycles. The average molecular weight is 464 g/mol. The van der Waals surface area contributed by atoms with Gasteiger partial charge in [-0.15, -0.1) is 0 Å². The summed E-state index contributed by atoms with van der Waals surface area (Å²) in [5.74, 6) is 0.803. The van der Waals surface area contributed by atoms with Crippen molar-refractivity contribution in [3.8, 4) is 0 Å². The van der Waals surface area contributed by atoms with Crippen molar-refractivity contribution in [2.45, 2.75) is 73.3 Å². The molecule has 3 rings (SSSR count). The molecule has 1 aliphatic heterocycles. The summed E-state index contributed by atoms with van der Waals surface area (Å²) in [7, 11) is 0. The molecule has 0 spiro atoms. The van der Waals surface area contributed by atoms with Crippen molar-refractivity contribution in [2.75, 3.05) is 19.6 Å². The van der Waals surface area contributed by atoms with Crippen LogP contribution < -0.4 is 0 Å². The number of likely N-dealkylation sites (tertiary alicyclic amines) is 1. The smallest absolute Gasteiger partial charge is 0.0541 e. The monoisotopic (exact) mass is 462 g/mol. The fourth-order valence-corrected chi connectivity index (χ4v) is 5.47. The zero-order valence-corrected chi connectivity index (χ0v) is 21.7. The Kier molecular flexibility index (Phi) is 7.98. The topological polar surface area (TPSA) is 15.6 Å². The van der Waals surface area contributed by atoms with Crippen molar-refractivity contribution in [1.29, 1.82) is 0 Å². The molecule has 31 heavy (non-hydrogen) atoms. The lowest BCUT2D eigenvalue weighted by Gasteiger charge is -2.33. The number of hydrogen-bond donors (Lipinski definition) is 0. The quantitative estimate of drug-likeness (QED) is 0.381. The fourth-order valence-electron chi connectivity index (χ4n) is 4.79. The SMILES string of the molecule is CC(C)(C)C1=CC(/C=N/CC2CCCN2CC2C=C(Cl)C=C(Cl)C2)CC(C(C)(C)C)=C1. The van der Waals surface area contributed by atoms with Crippen LogP contribution in [0.5, 0.6) is 0 Å². The largest absolute Gasteiger partial charge is 0.298 e. The number of rotatable bonds is 5. The van der Waals surface area contributed by atoms with Crippen LogP contribution in [0.1, 0.15) is 67.2 Å². The van der Waals surface area contributed by atoms with Crippen molar-refractivity contribution in [3.63, 3.8) is 0 Å². The van der Waals surface area contributed by atoms with Gasteiger partial charge in [0.05, 0.1) is 6.54 Å². The summed E-state index contributed by atoms with van der Waals surface area (Å²) in [5, 5.41) is 1.64. The highest BCUT2D eigenvalue weighted by Crippen LogP contribution is 2.40. The van der Waals surface area contributed by atoms with Crippen LogP contribution in [0.15, 0.2) is 50.5 Å². The van der Waals surface area contributed by atoms with Crippen LogP contribution >= 0.6 is 23.2 Å². The maximum absolute atomic E-state index is 6.27. The highest BCUT2D eigenvalue weighted by molar-refractivity contribution is 6.34. The highest BCUT2D eigenvalue weighted by atomic mass is 35.5. The van der Waals surface area contributed by atoms with E-state index in [1.54, 1.807) is 0 Å². The maximum atomic E-state index is 6.27. The number of aliphatic imine (C=N–C) groups is 1. The van der Waals surface area contributed by atoms with Crippen LogP contribution in [0, 0.1) is 22.7 Å². The zero-order chi connectivity index (χ0) is 22.8. The second-order valence-electron chi connectivity index (χ2n) is 11.6. The van der Waals surface area contributed by atoms with Crippen molar-refractivity contribution in [3.05, 3.63) is 45.5 Å². The van der Waals surface area contributed by atoms with Crippen LogP contribution in [-0.2, 0) is 0 Å². The van der Waals surface area contributed by atoms with E-state index in [-0.39, 0.29) is 10.8 Å². The van der Waals surface area contributed by atoms with E-state index >= 15 is 0 Å². The van der Waals surface area contributed by atoms with Crippen LogP contribution in [-0.4, -0.2) is 36.8 Å². The lowest BCUT2D eigenvalue weighted by molar-refractivity contribution is 0.234. The van der Waals surface area contributed by atoms with E-state index < -0.39 is 0 Å². The minimum atomic E-state index is 0.162. The predicted molar refractivity (Wildman–Crippen MR) is 137 cm³/mol. The Labute approximate surface area is 200 Å². The molecule has 0 aromatic heterocycles. The third-order valence-corrected chi connectivity index (χ3v) is 7.23. The summed E-state index contributed by atoms with van der Waals surface area (Å²) in [4.78, 5) is 7.56. The first-order valence-corrected chi connectivity index (χ1v) is 12.6. The van der Waals surface area contributed by atoms with Gasteiger partial charge in [-0.25, -0.2) is 0 Å². The van der Waals surface area contributed by atoms with Crippen LogP contribution in [0.2, 0.25) is 0 Å². The molecule has 0 aromatic carbocycles. The Morgan fingerprint density at radius 3 is 2.42 bits per heavy atom. The molecule has 2 nitrogen and oxygen atoms in total. The van der Waals surface area contributed by atoms with E-state index in [1.807, 2.05) is 6.08 Å². The Bertz CT molecular complexity index is 802. The van der Waals surface area contributed by atoms with Gasteiger partial charge in [-0.3, -0.25) is 9.89 Å². The second-order valence-corrected chi connectivity index (χ2v) is 12.5. The molecule has 0 amide bonds. The minimum Gasteiger partial charge on any atom is -0.298 e. The molecule has 172 valence electrons. The first kappa shape index (κ1) is 24.8. The number of nitrogens with zero attached hydrogens (tertiary/aromatic N) is 2. The Balaban J connectivity index is 1.62. The molecule has 4 heteroatoms. The number of halogens is 2. The third-order valence-electron chi connectivity index (χ3n) is 6.74. The Hall–Kier alpha value is -0.830. The van der Waals surface area contributed by atoms with E-state index in [9.17, 15) is 0 Å². The Morgan fingerprint density at radius 1 is 1.03 bits per heavy atom. The van der Waals surface area contributed by atoms with Crippen LogP contribution in [0.25, 0.3) is 0 Å². The van der Waals surface area contributed by atoms with Gasteiger partial charge in [0.2, 0.25) is 0 Å².